The van der Waals surface area contributed by atoms with Gasteiger partial charge in [0.05, 0.1) is 13.2 Å². The molecule has 19 heavy (non-hydrogen) atoms. The quantitative estimate of drug-likeness (QED) is 0.809. The van der Waals surface area contributed by atoms with E-state index in [-0.39, 0.29) is 28.6 Å². The number of nitrogens with zero attached hydrogens (tertiary/aromatic N) is 2. The standard InChI is InChI=1S/C10H13N3O5S/c1-6-8(4-14)10(7(2)18-6)19(15,16)12-3-9-11-5-17-13-9/h5,12,14H,3-4H2,1-2H3. The minimum atomic E-state index is -3.81. The van der Waals surface area contributed by atoms with E-state index in [0.29, 0.717) is 5.76 Å². The molecular weight excluding hydrogens is 274 g/mol. The van der Waals surface area contributed by atoms with Gasteiger partial charge in [0.2, 0.25) is 16.4 Å². The van der Waals surface area contributed by atoms with Gasteiger partial charge in [-0.25, -0.2) is 13.1 Å². The van der Waals surface area contributed by atoms with Crippen LogP contribution in [0.3, 0.4) is 0 Å². The summed E-state index contributed by atoms with van der Waals surface area (Å²) in [4.78, 5) is 3.66. The summed E-state index contributed by atoms with van der Waals surface area (Å²) in [5, 5.41) is 12.7. The molecule has 8 nitrogen and oxygen atoms in total. The summed E-state index contributed by atoms with van der Waals surface area (Å²) in [6.07, 6.45) is 1.11. The number of aliphatic hydroxyl groups excluding tert-OH is 1. The highest BCUT2D eigenvalue weighted by molar-refractivity contribution is 7.89. The fourth-order valence-electron chi connectivity index (χ4n) is 1.75. The number of hydrogen-bond donors (Lipinski definition) is 2. The Morgan fingerprint density at radius 3 is 2.68 bits per heavy atom. The molecule has 0 aliphatic heterocycles. The third-order valence-corrected chi connectivity index (χ3v) is 4.17. The average Bonchev–Trinajstić information content (AvgIpc) is 2.94. The Balaban J connectivity index is 2.29. The van der Waals surface area contributed by atoms with E-state index in [1.54, 1.807) is 6.92 Å². The minimum absolute atomic E-state index is 0.0454. The van der Waals surface area contributed by atoms with Gasteiger partial charge in [0.1, 0.15) is 16.4 Å². The fourth-order valence-corrected chi connectivity index (χ4v) is 3.16. The minimum Gasteiger partial charge on any atom is -0.465 e. The second-order valence-electron chi connectivity index (χ2n) is 3.85. The number of sulfonamides is 1. The molecule has 0 spiro atoms. The number of nitrogens with one attached hydrogen (secondary N) is 1. The van der Waals surface area contributed by atoms with Gasteiger partial charge in [0.25, 0.3) is 0 Å². The van der Waals surface area contributed by atoms with E-state index in [4.69, 9.17) is 4.42 Å². The first-order chi connectivity index (χ1) is 8.95. The van der Waals surface area contributed by atoms with Crippen molar-refractivity contribution in [2.75, 3.05) is 0 Å². The molecular formula is C10H13N3O5S. The van der Waals surface area contributed by atoms with Crippen molar-refractivity contribution in [3.63, 3.8) is 0 Å². The zero-order chi connectivity index (χ0) is 14.0. The predicted octanol–water partition coefficient (Wildman–Crippen LogP) is 0.250. The van der Waals surface area contributed by atoms with Gasteiger partial charge in [-0.2, -0.15) is 4.98 Å². The number of rotatable bonds is 5. The normalized spacial score (nSPS) is 11.9. The van der Waals surface area contributed by atoms with Crippen molar-refractivity contribution in [3.05, 3.63) is 29.3 Å². The monoisotopic (exact) mass is 287 g/mol. The number of aliphatic hydroxyl groups is 1. The van der Waals surface area contributed by atoms with Crippen molar-refractivity contribution in [1.82, 2.24) is 14.9 Å². The molecule has 2 rings (SSSR count). The first kappa shape index (κ1) is 13.7. The zero-order valence-corrected chi connectivity index (χ0v) is 11.2. The molecule has 0 fully saturated rings. The van der Waals surface area contributed by atoms with Crippen molar-refractivity contribution in [2.24, 2.45) is 0 Å². The van der Waals surface area contributed by atoms with Crippen LogP contribution in [0.15, 0.2) is 20.2 Å². The van der Waals surface area contributed by atoms with Crippen LogP contribution >= 0.6 is 0 Å². The summed E-state index contributed by atoms with van der Waals surface area (Å²) < 4.78 is 36.4. The Labute approximate surface area is 109 Å². The van der Waals surface area contributed by atoms with Gasteiger partial charge in [-0.05, 0) is 13.8 Å². The Hall–Kier alpha value is -1.71. The van der Waals surface area contributed by atoms with Crippen LogP contribution in [0.5, 0.6) is 0 Å². The second kappa shape index (κ2) is 5.11. The molecule has 0 amide bonds. The molecule has 104 valence electrons. The van der Waals surface area contributed by atoms with Gasteiger partial charge in [-0.3, -0.25) is 0 Å². The van der Waals surface area contributed by atoms with Crippen LogP contribution in [0, 0.1) is 13.8 Å². The summed E-state index contributed by atoms with van der Waals surface area (Å²) >= 11 is 0. The van der Waals surface area contributed by atoms with E-state index in [1.165, 1.54) is 6.92 Å². The molecule has 2 aromatic rings. The molecule has 0 radical (unpaired) electrons. The van der Waals surface area contributed by atoms with Gasteiger partial charge in [0.15, 0.2) is 5.82 Å². The van der Waals surface area contributed by atoms with E-state index in [2.05, 4.69) is 19.4 Å². The van der Waals surface area contributed by atoms with Crippen molar-refractivity contribution in [3.8, 4) is 0 Å². The molecule has 2 N–H and O–H groups in total. The summed E-state index contributed by atoms with van der Waals surface area (Å²) in [5.74, 6) is 0.814. The van der Waals surface area contributed by atoms with Crippen LogP contribution in [0.2, 0.25) is 0 Å². The van der Waals surface area contributed by atoms with Crippen molar-refractivity contribution < 1.29 is 22.5 Å². The van der Waals surface area contributed by atoms with Crippen molar-refractivity contribution in [2.45, 2.75) is 31.9 Å². The van der Waals surface area contributed by atoms with E-state index in [9.17, 15) is 13.5 Å². The van der Waals surface area contributed by atoms with Crippen LogP contribution < -0.4 is 4.72 Å². The molecule has 0 atom stereocenters. The second-order valence-corrected chi connectivity index (χ2v) is 5.56. The van der Waals surface area contributed by atoms with Crippen molar-refractivity contribution >= 4 is 10.0 Å². The number of hydrogen-bond acceptors (Lipinski definition) is 7. The Bertz CT molecular complexity index is 660. The third-order valence-electron chi connectivity index (χ3n) is 2.58. The highest BCUT2D eigenvalue weighted by Gasteiger charge is 2.26. The maximum absolute atomic E-state index is 12.2. The lowest BCUT2D eigenvalue weighted by atomic mass is 10.2. The molecule has 9 heteroatoms. The molecule has 0 aliphatic carbocycles. The van der Waals surface area contributed by atoms with E-state index in [0.717, 1.165) is 6.39 Å². The molecule has 0 aromatic carbocycles. The SMILES string of the molecule is Cc1oc(C)c(S(=O)(=O)NCc2ncon2)c1CO. The van der Waals surface area contributed by atoms with Crippen LogP contribution in [0.25, 0.3) is 0 Å². The molecule has 0 aliphatic rings. The lowest BCUT2D eigenvalue weighted by Gasteiger charge is -2.05. The van der Waals surface area contributed by atoms with Crippen LogP contribution in [0.4, 0.5) is 0 Å². The summed E-state index contributed by atoms with van der Waals surface area (Å²) in [6.45, 7) is 2.60. The van der Waals surface area contributed by atoms with Crippen LogP contribution in [0.1, 0.15) is 22.9 Å². The fraction of sp³-hybridized carbons (Fsp3) is 0.400. The largest absolute Gasteiger partial charge is 0.465 e. The molecule has 0 saturated heterocycles. The van der Waals surface area contributed by atoms with Gasteiger partial charge in [0, 0.05) is 5.56 Å². The lowest BCUT2D eigenvalue weighted by Crippen LogP contribution is -2.25. The maximum atomic E-state index is 12.2. The third kappa shape index (κ3) is 2.67. The average molecular weight is 287 g/mol. The Morgan fingerprint density at radius 1 is 1.37 bits per heavy atom. The first-order valence-corrected chi connectivity index (χ1v) is 6.88. The van der Waals surface area contributed by atoms with E-state index < -0.39 is 16.6 Å². The topological polar surface area (TPSA) is 118 Å². The highest BCUT2D eigenvalue weighted by Crippen LogP contribution is 2.26. The smallest absolute Gasteiger partial charge is 0.244 e. The molecule has 2 heterocycles. The molecule has 0 saturated carbocycles. The first-order valence-electron chi connectivity index (χ1n) is 5.40. The van der Waals surface area contributed by atoms with Crippen LogP contribution in [-0.4, -0.2) is 23.7 Å². The Morgan fingerprint density at radius 2 is 2.11 bits per heavy atom. The van der Waals surface area contributed by atoms with Gasteiger partial charge in [-0.15, -0.1) is 0 Å². The lowest BCUT2D eigenvalue weighted by molar-refractivity contribution is 0.276. The number of aryl methyl sites for hydroxylation is 2. The Kier molecular flexibility index (Phi) is 3.69. The van der Waals surface area contributed by atoms with E-state index >= 15 is 0 Å². The number of furan rings is 1. The van der Waals surface area contributed by atoms with Gasteiger partial charge in [-0.1, -0.05) is 5.16 Å². The molecule has 0 unspecified atom stereocenters. The number of aromatic nitrogens is 2. The summed E-state index contributed by atoms with van der Waals surface area (Å²) in [5.41, 5.74) is 0.248. The van der Waals surface area contributed by atoms with Crippen molar-refractivity contribution in [1.29, 1.82) is 0 Å². The predicted molar refractivity (Wildman–Crippen MR) is 62.4 cm³/mol. The van der Waals surface area contributed by atoms with E-state index in [1.807, 2.05) is 0 Å². The van der Waals surface area contributed by atoms with Gasteiger partial charge < -0.3 is 14.0 Å². The zero-order valence-electron chi connectivity index (χ0n) is 10.4. The van der Waals surface area contributed by atoms with Crippen LogP contribution in [-0.2, 0) is 23.2 Å². The maximum Gasteiger partial charge on any atom is 0.244 e. The summed E-state index contributed by atoms with van der Waals surface area (Å²) in [7, 11) is -3.81. The highest BCUT2D eigenvalue weighted by atomic mass is 32.2. The molecule has 0 bridgehead atoms. The van der Waals surface area contributed by atoms with Gasteiger partial charge >= 0.3 is 0 Å². The summed E-state index contributed by atoms with van der Waals surface area (Å²) in [6, 6.07) is 0. The molecule has 2 aromatic heterocycles.